The summed E-state index contributed by atoms with van der Waals surface area (Å²) < 4.78 is 0. The minimum absolute atomic E-state index is 0.672. The summed E-state index contributed by atoms with van der Waals surface area (Å²) in [5.41, 5.74) is 0. The van der Waals surface area contributed by atoms with Crippen molar-refractivity contribution in [3.63, 3.8) is 0 Å². The molecule has 0 aromatic rings. The summed E-state index contributed by atoms with van der Waals surface area (Å²) in [4.78, 5) is 2.86. The Morgan fingerprint density at radius 1 is 1.11 bits per heavy atom. The van der Waals surface area contributed by atoms with E-state index < -0.39 is 0 Å². The van der Waals surface area contributed by atoms with Gasteiger partial charge in [-0.1, -0.05) is 33.1 Å². The third-order valence-electron chi connectivity index (χ3n) is 5.19. The fourth-order valence-corrected chi connectivity index (χ4v) is 4.09. The number of piperazine rings is 1. The van der Waals surface area contributed by atoms with E-state index in [9.17, 15) is 0 Å². The second kappa shape index (κ2) is 6.91. The van der Waals surface area contributed by atoms with Crippen molar-refractivity contribution in [1.82, 2.24) is 10.2 Å². The van der Waals surface area contributed by atoms with Crippen LogP contribution >= 0.6 is 0 Å². The van der Waals surface area contributed by atoms with E-state index in [0.29, 0.717) is 6.04 Å². The standard InChI is InChI=1S/C16H32N2/c1-4-15(5-2)18-12-13(3)17-11-16(18)14-9-7-6-8-10-14/h13-17H,4-12H2,1-3H3. The molecule has 1 heterocycles. The third kappa shape index (κ3) is 3.27. The Balaban J connectivity index is 2.04. The maximum Gasteiger partial charge on any atom is 0.0252 e. The molecule has 0 aromatic heterocycles. The first-order chi connectivity index (χ1) is 8.76. The lowest BCUT2D eigenvalue weighted by Gasteiger charge is -2.47. The molecule has 2 aliphatic rings. The predicted octanol–water partition coefficient (Wildman–Crippen LogP) is 3.42. The summed E-state index contributed by atoms with van der Waals surface area (Å²) >= 11 is 0. The van der Waals surface area contributed by atoms with Gasteiger partial charge in [0.05, 0.1) is 0 Å². The van der Waals surface area contributed by atoms with Crippen LogP contribution in [0.15, 0.2) is 0 Å². The van der Waals surface area contributed by atoms with Gasteiger partial charge in [-0.25, -0.2) is 0 Å². The molecule has 0 radical (unpaired) electrons. The lowest BCUT2D eigenvalue weighted by Crippen LogP contribution is -2.61. The maximum atomic E-state index is 3.72. The number of nitrogens with zero attached hydrogens (tertiary/aromatic N) is 1. The van der Waals surface area contributed by atoms with Crippen LogP contribution < -0.4 is 5.32 Å². The number of hydrogen-bond donors (Lipinski definition) is 1. The van der Waals surface area contributed by atoms with Crippen molar-refractivity contribution in [2.45, 2.75) is 83.8 Å². The maximum absolute atomic E-state index is 3.72. The number of hydrogen-bond acceptors (Lipinski definition) is 2. The van der Waals surface area contributed by atoms with Crippen LogP contribution in [0.4, 0.5) is 0 Å². The Labute approximate surface area is 114 Å². The molecule has 1 N–H and O–H groups in total. The average molecular weight is 252 g/mol. The largest absolute Gasteiger partial charge is 0.311 e. The highest BCUT2D eigenvalue weighted by molar-refractivity contribution is 4.92. The lowest BCUT2D eigenvalue weighted by molar-refractivity contribution is 0.0351. The quantitative estimate of drug-likeness (QED) is 0.825. The molecule has 0 amide bonds. The van der Waals surface area contributed by atoms with Crippen LogP contribution in [0.2, 0.25) is 0 Å². The first kappa shape index (κ1) is 14.3. The molecule has 1 saturated heterocycles. The molecule has 2 rings (SSSR count). The lowest BCUT2D eigenvalue weighted by atomic mass is 9.81. The fourth-order valence-electron chi connectivity index (χ4n) is 4.09. The highest BCUT2D eigenvalue weighted by Gasteiger charge is 2.35. The molecule has 1 saturated carbocycles. The zero-order valence-electron chi connectivity index (χ0n) is 12.6. The second-order valence-corrected chi connectivity index (χ2v) is 6.44. The molecule has 1 aliphatic carbocycles. The fraction of sp³-hybridized carbons (Fsp3) is 1.00. The molecular weight excluding hydrogens is 220 g/mol. The van der Waals surface area contributed by atoms with Crippen LogP contribution in [0.5, 0.6) is 0 Å². The highest BCUT2D eigenvalue weighted by Crippen LogP contribution is 2.32. The van der Waals surface area contributed by atoms with Crippen LogP contribution in [-0.2, 0) is 0 Å². The van der Waals surface area contributed by atoms with Gasteiger partial charge in [0.25, 0.3) is 0 Å². The molecular formula is C16H32N2. The van der Waals surface area contributed by atoms with Gasteiger partial charge in [-0.05, 0) is 38.5 Å². The Hall–Kier alpha value is -0.0800. The minimum atomic E-state index is 0.672. The zero-order chi connectivity index (χ0) is 13.0. The summed E-state index contributed by atoms with van der Waals surface area (Å²) in [6.07, 6.45) is 9.96. The molecule has 0 bridgehead atoms. The third-order valence-corrected chi connectivity index (χ3v) is 5.19. The van der Waals surface area contributed by atoms with Crippen molar-refractivity contribution in [2.24, 2.45) is 5.92 Å². The normalized spacial score (nSPS) is 32.0. The molecule has 2 atom stereocenters. The van der Waals surface area contributed by atoms with E-state index in [0.717, 1.165) is 18.0 Å². The van der Waals surface area contributed by atoms with E-state index in [2.05, 4.69) is 31.0 Å². The SMILES string of the molecule is CCC(CC)N1CC(C)NCC1C1CCCCC1. The van der Waals surface area contributed by atoms with E-state index in [1.165, 1.54) is 58.0 Å². The van der Waals surface area contributed by atoms with Gasteiger partial charge >= 0.3 is 0 Å². The molecule has 2 fully saturated rings. The van der Waals surface area contributed by atoms with Gasteiger partial charge in [0.2, 0.25) is 0 Å². The monoisotopic (exact) mass is 252 g/mol. The Morgan fingerprint density at radius 2 is 1.78 bits per heavy atom. The van der Waals surface area contributed by atoms with E-state index in [1.807, 2.05) is 0 Å². The minimum Gasteiger partial charge on any atom is -0.311 e. The number of rotatable bonds is 4. The zero-order valence-corrected chi connectivity index (χ0v) is 12.6. The average Bonchev–Trinajstić information content (AvgIpc) is 2.41. The van der Waals surface area contributed by atoms with Crippen molar-refractivity contribution in [3.05, 3.63) is 0 Å². The molecule has 106 valence electrons. The van der Waals surface area contributed by atoms with Crippen LogP contribution in [-0.4, -0.2) is 36.1 Å². The van der Waals surface area contributed by atoms with E-state index in [-0.39, 0.29) is 0 Å². The Kier molecular flexibility index (Phi) is 5.50. The molecule has 2 nitrogen and oxygen atoms in total. The second-order valence-electron chi connectivity index (χ2n) is 6.44. The van der Waals surface area contributed by atoms with Crippen LogP contribution in [0.1, 0.15) is 65.7 Å². The molecule has 18 heavy (non-hydrogen) atoms. The highest BCUT2D eigenvalue weighted by atomic mass is 15.3. The van der Waals surface area contributed by atoms with Crippen LogP contribution in [0.25, 0.3) is 0 Å². The summed E-state index contributed by atoms with van der Waals surface area (Å²) in [6, 6.07) is 2.29. The Morgan fingerprint density at radius 3 is 2.39 bits per heavy atom. The van der Waals surface area contributed by atoms with Crippen LogP contribution in [0, 0.1) is 5.92 Å². The molecule has 1 aliphatic heterocycles. The Bertz CT molecular complexity index is 231. The summed E-state index contributed by atoms with van der Waals surface area (Å²) in [5.74, 6) is 0.958. The first-order valence-corrected chi connectivity index (χ1v) is 8.25. The van der Waals surface area contributed by atoms with Gasteiger partial charge in [-0.15, -0.1) is 0 Å². The smallest absolute Gasteiger partial charge is 0.0252 e. The van der Waals surface area contributed by atoms with E-state index in [4.69, 9.17) is 0 Å². The van der Waals surface area contributed by atoms with Crippen molar-refractivity contribution in [3.8, 4) is 0 Å². The van der Waals surface area contributed by atoms with Crippen molar-refractivity contribution in [2.75, 3.05) is 13.1 Å². The summed E-state index contributed by atoms with van der Waals surface area (Å²) in [6.45, 7) is 9.54. The van der Waals surface area contributed by atoms with Gasteiger partial charge in [-0.2, -0.15) is 0 Å². The number of nitrogens with one attached hydrogen (secondary N) is 1. The van der Waals surface area contributed by atoms with Gasteiger partial charge in [0, 0.05) is 31.2 Å². The van der Waals surface area contributed by atoms with Crippen molar-refractivity contribution in [1.29, 1.82) is 0 Å². The van der Waals surface area contributed by atoms with E-state index in [1.54, 1.807) is 0 Å². The van der Waals surface area contributed by atoms with Crippen molar-refractivity contribution < 1.29 is 0 Å². The molecule has 0 aromatic carbocycles. The van der Waals surface area contributed by atoms with Gasteiger partial charge in [-0.3, -0.25) is 4.90 Å². The van der Waals surface area contributed by atoms with Crippen LogP contribution in [0.3, 0.4) is 0 Å². The summed E-state index contributed by atoms with van der Waals surface area (Å²) in [5, 5.41) is 3.72. The van der Waals surface area contributed by atoms with Gasteiger partial charge in [0.1, 0.15) is 0 Å². The topological polar surface area (TPSA) is 15.3 Å². The summed E-state index contributed by atoms with van der Waals surface area (Å²) in [7, 11) is 0. The molecule has 0 spiro atoms. The first-order valence-electron chi connectivity index (χ1n) is 8.25. The van der Waals surface area contributed by atoms with Gasteiger partial charge in [0.15, 0.2) is 0 Å². The molecule has 2 heteroatoms. The van der Waals surface area contributed by atoms with E-state index >= 15 is 0 Å². The van der Waals surface area contributed by atoms with Gasteiger partial charge < -0.3 is 5.32 Å². The van der Waals surface area contributed by atoms with Crippen molar-refractivity contribution >= 4 is 0 Å². The molecule has 2 unspecified atom stereocenters. The predicted molar refractivity (Wildman–Crippen MR) is 78.9 cm³/mol.